The Labute approximate surface area is 211 Å². The van der Waals surface area contributed by atoms with Gasteiger partial charge in [0.05, 0.1) is 5.39 Å². The van der Waals surface area contributed by atoms with E-state index in [4.69, 9.17) is 5.73 Å². The maximum Gasteiger partial charge on any atom is 0.326 e. The number of carbonyl (C=O) groups excluding carboxylic acids is 1. The average molecular weight is 508 g/mol. The highest BCUT2D eigenvalue weighted by Gasteiger charge is 2.20. The van der Waals surface area contributed by atoms with Crippen molar-refractivity contribution in [2.75, 3.05) is 5.73 Å². The van der Waals surface area contributed by atoms with Gasteiger partial charge in [0.25, 0.3) is 11.5 Å². The van der Waals surface area contributed by atoms with Crippen LogP contribution in [0.4, 0.5) is 5.95 Å². The summed E-state index contributed by atoms with van der Waals surface area (Å²) >= 11 is 0. The number of nitrogens with zero attached hydrogens (tertiary/aromatic N) is 4. The maximum absolute atomic E-state index is 12.6. The summed E-state index contributed by atoms with van der Waals surface area (Å²) in [6.45, 7) is 0. The van der Waals surface area contributed by atoms with Crippen molar-refractivity contribution in [3.8, 4) is 0 Å². The molecule has 0 aliphatic carbocycles. The molecule has 0 spiro atoms. The second kappa shape index (κ2) is 11.9. The third-order valence-electron chi connectivity index (χ3n) is 6.18. The van der Waals surface area contributed by atoms with Crippen molar-refractivity contribution in [1.29, 1.82) is 0 Å². The quantitative estimate of drug-likeness (QED) is 0.145. The number of H-pyrrole nitrogens is 3. The lowest BCUT2D eigenvalue weighted by Gasteiger charge is -2.14. The van der Waals surface area contributed by atoms with Crippen LogP contribution in [0.3, 0.4) is 0 Å². The van der Waals surface area contributed by atoms with Gasteiger partial charge in [-0.25, -0.2) is 4.79 Å². The molecular formula is C24H29N9O4. The van der Waals surface area contributed by atoms with E-state index in [1.165, 1.54) is 0 Å². The molecule has 0 fully saturated rings. The van der Waals surface area contributed by atoms with Crippen LogP contribution in [0.1, 0.15) is 59.4 Å². The molecular weight excluding hydrogens is 478 g/mol. The number of aromatic nitrogens is 7. The van der Waals surface area contributed by atoms with E-state index in [9.17, 15) is 19.5 Å². The third kappa shape index (κ3) is 6.78. The molecule has 3 aromatic heterocycles. The topological polar surface area (TPSA) is 208 Å². The van der Waals surface area contributed by atoms with Gasteiger partial charge in [-0.15, -0.1) is 10.2 Å². The zero-order valence-electron chi connectivity index (χ0n) is 20.2. The van der Waals surface area contributed by atoms with Crippen LogP contribution in [0.5, 0.6) is 0 Å². The Bertz CT molecular complexity index is 1390. The molecule has 0 bridgehead atoms. The van der Waals surface area contributed by atoms with Gasteiger partial charge < -0.3 is 21.1 Å². The van der Waals surface area contributed by atoms with Crippen molar-refractivity contribution in [3.63, 3.8) is 0 Å². The number of aliphatic carboxylic acids is 1. The molecule has 1 unspecified atom stereocenters. The lowest BCUT2D eigenvalue weighted by Crippen LogP contribution is -2.40. The molecule has 194 valence electrons. The highest BCUT2D eigenvalue weighted by Crippen LogP contribution is 2.16. The summed E-state index contributed by atoms with van der Waals surface area (Å²) in [5.41, 5.74) is 7.92. The molecule has 13 nitrogen and oxygen atoms in total. The molecule has 37 heavy (non-hydrogen) atoms. The Morgan fingerprint density at radius 3 is 2.57 bits per heavy atom. The number of benzene rings is 1. The SMILES string of the molecule is Nc1nc2[nH]cc(CCc3ccc(C(=O)NC(CCCCCCc4nn[nH]n4)C(=O)O)cc3)c2c(=O)[nH]1. The lowest BCUT2D eigenvalue weighted by atomic mass is 10.0. The molecule has 0 saturated heterocycles. The summed E-state index contributed by atoms with van der Waals surface area (Å²) < 4.78 is 0. The Morgan fingerprint density at radius 2 is 1.84 bits per heavy atom. The minimum atomic E-state index is -1.05. The fraction of sp³-hybridized carbons (Fsp3) is 0.375. The van der Waals surface area contributed by atoms with Crippen LogP contribution in [0.2, 0.25) is 0 Å². The number of amides is 1. The molecule has 0 aliphatic rings. The van der Waals surface area contributed by atoms with E-state index in [1.807, 2.05) is 12.1 Å². The summed E-state index contributed by atoms with van der Waals surface area (Å²) in [5.74, 6) is -0.760. The average Bonchev–Trinajstić information content (AvgIpc) is 3.54. The number of hydrogen-bond acceptors (Lipinski definition) is 8. The summed E-state index contributed by atoms with van der Waals surface area (Å²) in [6, 6.07) is 6.04. The van der Waals surface area contributed by atoms with Gasteiger partial charge in [0, 0.05) is 18.2 Å². The minimum Gasteiger partial charge on any atom is -0.480 e. The van der Waals surface area contributed by atoms with Gasteiger partial charge in [-0.05, 0) is 48.9 Å². The zero-order valence-corrected chi connectivity index (χ0v) is 20.2. The monoisotopic (exact) mass is 507 g/mol. The second-order valence-electron chi connectivity index (χ2n) is 8.83. The highest BCUT2D eigenvalue weighted by atomic mass is 16.4. The molecule has 1 atom stereocenters. The van der Waals surface area contributed by atoms with Crippen molar-refractivity contribution >= 4 is 28.9 Å². The number of carboxylic acids is 1. The van der Waals surface area contributed by atoms with Gasteiger partial charge in [0.1, 0.15) is 11.7 Å². The smallest absolute Gasteiger partial charge is 0.326 e. The molecule has 4 aromatic rings. The van der Waals surface area contributed by atoms with Crippen molar-refractivity contribution in [1.82, 2.24) is 40.9 Å². The van der Waals surface area contributed by atoms with Gasteiger partial charge in [-0.2, -0.15) is 10.2 Å². The number of carbonyl (C=O) groups is 2. The van der Waals surface area contributed by atoms with Gasteiger partial charge in [0.2, 0.25) is 5.95 Å². The standard InChI is InChI=1S/C24H29N9O4/c25-24-28-20-19(22(35)29-24)16(13-26-20)12-9-14-7-10-15(11-8-14)21(34)27-17(23(36)37)5-3-1-2-4-6-18-30-32-33-31-18/h7-8,10-11,13,17H,1-6,9,12H2,(H,27,34)(H,36,37)(H,30,31,32,33)(H4,25,26,28,29,35). The van der Waals surface area contributed by atoms with Crippen molar-refractivity contribution in [3.05, 3.63) is 63.3 Å². The first kappa shape index (κ1) is 25.5. The first-order valence-corrected chi connectivity index (χ1v) is 12.1. The molecule has 0 saturated carbocycles. The molecule has 1 aromatic carbocycles. The number of nitrogens with one attached hydrogen (secondary N) is 4. The molecule has 3 heterocycles. The minimum absolute atomic E-state index is 0.0573. The van der Waals surface area contributed by atoms with Crippen LogP contribution in [0.15, 0.2) is 35.3 Å². The highest BCUT2D eigenvalue weighted by molar-refractivity contribution is 5.96. The van der Waals surface area contributed by atoms with Gasteiger partial charge in [-0.3, -0.25) is 14.6 Å². The van der Waals surface area contributed by atoms with Crippen LogP contribution in [0, 0.1) is 0 Å². The van der Waals surface area contributed by atoms with E-state index >= 15 is 0 Å². The summed E-state index contributed by atoms with van der Waals surface area (Å²) in [4.78, 5) is 46.1. The normalized spacial score (nSPS) is 12.0. The van der Waals surface area contributed by atoms with Crippen LogP contribution < -0.4 is 16.6 Å². The fourth-order valence-corrected chi connectivity index (χ4v) is 4.19. The largest absolute Gasteiger partial charge is 0.480 e. The first-order chi connectivity index (χ1) is 17.9. The van der Waals surface area contributed by atoms with Crippen molar-refractivity contribution in [2.45, 2.75) is 57.4 Å². The number of tetrazole rings is 1. The van der Waals surface area contributed by atoms with Crippen molar-refractivity contribution < 1.29 is 14.7 Å². The molecule has 4 rings (SSSR count). The number of unbranched alkanes of at least 4 members (excludes halogenated alkanes) is 3. The number of fused-ring (bicyclic) bond motifs is 1. The van der Waals surface area contributed by atoms with Gasteiger partial charge in [-0.1, -0.05) is 36.6 Å². The van der Waals surface area contributed by atoms with Crippen LogP contribution in [-0.4, -0.2) is 58.6 Å². The molecule has 7 N–H and O–H groups in total. The summed E-state index contributed by atoms with van der Waals surface area (Å²) in [7, 11) is 0. The number of aryl methyl sites for hydroxylation is 3. The van der Waals surface area contributed by atoms with Crippen LogP contribution in [-0.2, 0) is 24.1 Å². The summed E-state index contributed by atoms with van der Waals surface area (Å²) in [5, 5.41) is 26.4. The predicted molar refractivity (Wildman–Crippen MR) is 135 cm³/mol. The van der Waals surface area contributed by atoms with E-state index in [0.29, 0.717) is 48.1 Å². The molecule has 1 amide bonds. The van der Waals surface area contributed by atoms with Crippen LogP contribution in [0.25, 0.3) is 11.0 Å². The molecule has 0 aliphatic heterocycles. The summed E-state index contributed by atoms with van der Waals surface area (Å²) in [6.07, 6.45) is 7.38. The fourth-order valence-electron chi connectivity index (χ4n) is 4.19. The first-order valence-electron chi connectivity index (χ1n) is 12.1. The third-order valence-corrected chi connectivity index (χ3v) is 6.18. The number of rotatable bonds is 13. The van der Waals surface area contributed by atoms with E-state index in [1.54, 1.807) is 18.3 Å². The van der Waals surface area contributed by atoms with Gasteiger partial charge in [0.15, 0.2) is 5.82 Å². The Balaban J connectivity index is 1.24. The lowest BCUT2D eigenvalue weighted by molar-refractivity contribution is -0.139. The molecule has 13 heteroatoms. The number of carboxylic acid groups (broad SMARTS) is 1. The zero-order chi connectivity index (χ0) is 26.2. The van der Waals surface area contributed by atoms with Gasteiger partial charge >= 0.3 is 5.97 Å². The number of anilines is 1. The van der Waals surface area contributed by atoms with E-state index in [2.05, 4.69) is 40.9 Å². The molecule has 0 radical (unpaired) electrons. The maximum atomic E-state index is 12.6. The van der Waals surface area contributed by atoms with E-state index < -0.39 is 17.9 Å². The number of nitrogen functional groups attached to an aromatic ring is 1. The number of aromatic amines is 3. The number of hydrogen-bond donors (Lipinski definition) is 6. The van der Waals surface area contributed by atoms with E-state index in [0.717, 1.165) is 36.8 Å². The Morgan fingerprint density at radius 1 is 1.05 bits per heavy atom. The number of nitrogens with two attached hydrogens (primary N) is 1. The predicted octanol–water partition coefficient (Wildman–Crippen LogP) is 1.51. The Hall–Kier alpha value is -4.55. The Kier molecular flexibility index (Phi) is 8.23. The second-order valence-corrected chi connectivity index (χ2v) is 8.83. The van der Waals surface area contributed by atoms with E-state index in [-0.39, 0.29) is 11.5 Å². The van der Waals surface area contributed by atoms with Crippen molar-refractivity contribution in [2.24, 2.45) is 0 Å². The van der Waals surface area contributed by atoms with Crippen LogP contribution >= 0.6 is 0 Å².